The van der Waals surface area contributed by atoms with Crippen LogP contribution in [0.4, 0.5) is 0 Å². The Bertz CT molecular complexity index is 830. The van der Waals surface area contributed by atoms with Crippen LogP contribution >= 0.6 is 11.6 Å². The summed E-state index contributed by atoms with van der Waals surface area (Å²) in [5.41, 5.74) is 1.97. The van der Waals surface area contributed by atoms with E-state index in [0.717, 1.165) is 5.56 Å². The van der Waals surface area contributed by atoms with Gasteiger partial charge < -0.3 is 10.6 Å². The van der Waals surface area contributed by atoms with Gasteiger partial charge in [0.15, 0.2) is 5.96 Å². The molecule has 140 valence electrons. The maximum absolute atomic E-state index is 12.4. The monoisotopic (exact) mass is 384 g/mol. The van der Waals surface area contributed by atoms with Crippen LogP contribution in [0.15, 0.2) is 53.5 Å². The number of hydrogen-bond acceptors (Lipinski definition) is 3. The fourth-order valence-corrected chi connectivity index (χ4v) is 2.96. The molecule has 0 saturated carbocycles. The standard InChI is InChI=1S/C20H21ClN4O2/c1-2-22-20(24-13-14-7-9-15(21)10-8-14)23-11-12-25-18(26)16-5-3-4-6-17(16)19(25)27/h3-10H,2,11-13H2,1H3,(H2,22,23,24). The molecule has 0 unspecified atom stereocenters. The van der Waals surface area contributed by atoms with Crippen LogP contribution < -0.4 is 10.6 Å². The van der Waals surface area contributed by atoms with Crippen molar-refractivity contribution >= 4 is 29.4 Å². The highest BCUT2D eigenvalue weighted by Gasteiger charge is 2.34. The summed E-state index contributed by atoms with van der Waals surface area (Å²) in [4.78, 5) is 30.5. The molecule has 3 rings (SSSR count). The predicted octanol–water partition coefficient (Wildman–Crippen LogP) is 2.69. The molecule has 0 radical (unpaired) electrons. The molecule has 0 bridgehead atoms. The minimum atomic E-state index is -0.250. The molecule has 2 amide bonds. The molecule has 0 spiro atoms. The highest BCUT2D eigenvalue weighted by atomic mass is 35.5. The van der Waals surface area contributed by atoms with Gasteiger partial charge in [0.2, 0.25) is 0 Å². The van der Waals surface area contributed by atoms with Gasteiger partial charge >= 0.3 is 0 Å². The number of carbonyl (C=O) groups is 2. The molecule has 0 aromatic heterocycles. The molecule has 0 atom stereocenters. The van der Waals surface area contributed by atoms with Crippen LogP contribution in [0.25, 0.3) is 0 Å². The number of aliphatic imine (C=N–C) groups is 1. The predicted molar refractivity (Wildman–Crippen MR) is 106 cm³/mol. The van der Waals surface area contributed by atoms with Crippen LogP contribution in [0, 0.1) is 0 Å². The Balaban J connectivity index is 1.57. The van der Waals surface area contributed by atoms with Crippen molar-refractivity contribution in [3.63, 3.8) is 0 Å². The first-order valence-electron chi connectivity index (χ1n) is 8.82. The van der Waals surface area contributed by atoms with Gasteiger partial charge in [0, 0.05) is 24.7 Å². The van der Waals surface area contributed by atoms with Gasteiger partial charge in [0.05, 0.1) is 17.7 Å². The number of amides is 2. The number of carbonyl (C=O) groups excluding carboxylic acids is 2. The number of hydrogen-bond donors (Lipinski definition) is 2. The summed E-state index contributed by atoms with van der Waals surface area (Å²) in [6.45, 7) is 3.87. The molecular formula is C20H21ClN4O2. The van der Waals surface area contributed by atoms with Crippen LogP contribution in [0.2, 0.25) is 5.02 Å². The average Bonchev–Trinajstić information content (AvgIpc) is 2.92. The molecule has 0 aliphatic carbocycles. The van der Waals surface area contributed by atoms with Crippen LogP contribution in [-0.4, -0.2) is 42.3 Å². The van der Waals surface area contributed by atoms with Crippen molar-refractivity contribution in [2.75, 3.05) is 19.6 Å². The number of nitrogens with one attached hydrogen (secondary N) is 2. The Hall–Kier alpha value is -2.86. The Labute approximate surface area is 163 Å². The first kappa shape index (κ1) is 18.9. The number of guanidine groups is 1. The molecule has 6 nitrogen and oxygen atoms in total. The third kappa shape index (κ3) is 4.46. The minimum absolute atomic E-state index is 0.250. The van der Waals surface area contributed by atoms with E-state index in [9.17, 15) is 9.59 Å². The highest BCUT2D eigenvalue weighted by Crippen LogP contribution is 2.21. The number of fused-ring (bicyclic) bond motifs is 1. The SMILES string of the molecule is CCNC(=NCc1ccc(Cl)cc1)NCCN1C(=O)c2ccccc2C1=O. The fourth-order valence-electron chi connectivity index (χ4n) is 2.83. The van der Waals surface area contributed by atoms with Gasteiger partial charge in [-0.1, -0.05) is 35.9 Å². The van der Waals surface area contributed by atoms with Crippen LogP contribution in [0.5, 0.6) is 0 Å². The minimum Gasteiger partial charge on any atom is -0.357 e. The summed E-state index contributed by atoms with van der Waals surface area (Å²) in [5.74, 6) is 0.130. The third-order valence-electron chi connectivity index (χ3n) is 4.18. The van der Waals surface area contributed by atoms with Crippen molar-refractivity contribution in [2.24, 2.45) is 4.99 Å². The normalized spacial score (nSPS) is 13.7. The lowest BCUT2D eigenvalue weighted by Gasteiger charge is -2.16. The topological polar surface area (TPSA) is 73.8 Å². The van der Waals surface area contributed by atoms with Crippen LogP contribution in [-0.2, 0) is 6.54 Å². The van der Waals surface area contributed by atoms with Crippen molar-refractivity contribution in [1.82, 2.24) is 15.5 Å². The zero-order valence-electron chi connectivity index (χ0n) is 15.0. The zero-order chi connectivity index (χ0) is 19.2. The molecule has 2 aromatic carbocycles. The zero-order valence-corrected chi connectivity index (χ0v) is 15.8. The Morgan fingerprint density at radius 1 is 1.00 bits per heavy atom. The number of nitrogens with zero attached hydrogens (tertiary/aromatic N) is 2. The maximum Gasteiger partial charge on any atom is 0.261 e. The lowest BCUT2D eigenvalue weighted by Crippen LogP contribution is -2.43. The van der Waals surface area contributed by atoms with Crippen LogP contribution in [0.1, 0.15) is 33.2 Å². The molecular weight excluding hydrogens is 364 g/mol. The molecule has 27 heavy (non-hydrogen) atoms. The number of rotatable bonds is 6. The summed E-state index contributed by atoms with van der Waals surface area (Å²) in [6.07, 6.45) is 0. The summed E-state index contributed by atoms with van der Waals surface area (Å²) in [6, 6.07) is 14.4. The summed E-state index contributed by atoms with van der Waals surface area (Å²) < 4.78 is 0. The quantitative estimate of drug-likeness (QED) is 0.456. The largest absolute Gasteiger partial charge is 0.357 e. The molecule has 1 heterocycles. The number of halogens is 1. The van der Waals surface area contributed by atoms with E-state index in [2.05, 4.69) is 15.6 Å². The molecule has 0 saturated heterocycles. The van der Waals surface area contributed by atoms with Gasteiger partial charge in [0.25, 0.3) is 11.8 Å². The Morgan fingerprint density at radius 3 is 2.22 bits per heavy atom. The van der Waals surface area contributed by atoms with E-state index in [1.54, 1.807) is 24.3 Å². The van der Waals surface area contributed by atoms with Gasteiger partial charge in [0.1, 0.15) is 0 Å². The van der Waals surface area contributed by atoms with Gasteiger partial charge in [-0.05, 0) is 36.8 Å². The maximum atomic E-state index is 12.4. The Kier molecular flexibility index (Phi) is 6.08. The van der Waals surface area contributed by atoms with Crippen molar-refractivity contribution < 1.29 is 9.59 Å². The third-order valence-corrected chi connectivity index (χ3v) is 4.44. The van der Waals surface area contributed by atoms with E-state index in [1.807, 2.05) is 31.2 Å². The molecule has 7 heteroatoms. The Morgan fingerprint density at radius 2 is 1.63 bits per heavy atom. The van der Waals surface area contributed by atoms with Gasteiger partial charge in [-0.2, -0.15) is 0 Å². The van der Waals surface area contributed by atoms with E-state index in [-0.39, 0.29) is 18.4 Å². The molecule has 2 N–H and O–H groups in total. The van der Waals surface area contributed by atoms with Crippen molar-refractivity contribution in [2.45, 2.75) is 13.5 Å². The first-order valence-corrected chi connectivity index (χ1v) is 9.19. The van der Waals surface area contributed by atoms with Crippen molar-refractivity contribution in [3.05, 3.63) is 70.2 Å². The van der Waals surface area contributed by atoms with Gasteiger partial charge in [-0.3, -0.25) is 14.5 Å². The molecule has 1 aliphatic heterocycles. The molecule has 1 aliphatic rings. The second kappa shape index (κ2) is 8.68. The first-order chi connectivity index (χ1) is 13.1. The van der Waals surface area contributed by atoms with E-state index in [0.29, 0.717) is 41.7 Å². The van der Waals surface area contributed by atoms with Crippen molar-refractivity contribution in [1.29, 1.82) is 0 Å². The number of benzene rings is 2. The van der Waals surface area contributed by atoms with E-state index >= 15 is 0 Å². The number of imide groups is 1. The van der Waals surface area contributed by atoms with E-state index in [4.69, 9.17) is 11.6 Å². The smallest absolute Gasteiger partial charge is 0.261 e. The molecule has 0 fully saturated rings. The van der Waals surface area contributed by atoms with E-state index in [1.165, 1.54) is 4.90 Å². The summed E-state index contributed by atoms with van der Waals surface area (Å²) in [5, 5.41) is 7.01. The summed E-state index contributed by atoms with van der Waals surface area (Å²) in [7, 11) is 0. The van der Waals surface area contributed by atoms with Crippen molar-refractivity contribution in [3.8, 4) is 0 Å². The van der Waals surface area contributed by atoms with E-state index < -0.39 is 0 Å². The molecule has 2 aromatic rings. The van der Waals surface area contributed by atoms with Crippen LogP contribution in [0.3, 0.4) is 0 Å². The second-order valence-corrected chi connectivity index (χ2v) is 6.49. The highest BCUT2D eigenvalue weighted by molar-refractivity contribution is 6.30. The van der Waals surface area contributed by atoms with Gasteiger partial charge in [-0.25, -0.2) is 4.99 Å². The average molecular weight is 385 g/mol. The van der Waals surface area contributed by atoms with Gasteiger partial charge in [-0.15, -0.1) is 0 Å². The second-order valence-electron chi connectivity index (χ2n) is 6.06. The fraction of sp³-hybridized carbons (Fsp3) is 0.250. The lowest BCUT2D eigenvalue weighted by molar-refractivity contribution is 0.0657. The lowest BCUT2D eigenvalue weighted by atomic mass is 10.1. The summed E-state index contributed by atoms with van der Waals surface area (Å²) >= 11 is 5.89.